The van der Waals surface area contributed by atoms with Crippen molar-refractivity contribution >= 4 is 6.09 Å². The molecular formula is C17H19NO2. The minimum atomic E-state index is -0.374. The molecule has 104 valence electrons. The van der Waals surface area contributed by atoms with E-state index in [0.717, 1.165) is 12.0 Å². The molecule has 0 aliphatic rings. The summed E-state index contributed by atoms with van der Waals surface area (Å²) in [5, 5.41) is 2.76. The predicted molar refractivity (Wildman–Crippen MR) is 79.5 cm³/mol. The minimum Gasteiger partial charge on any atom is -0.445 e. The number of carbonyl (C=O) groups is 1. The molecule has 1 N–H and O–H groups in total. The summed E-state index contributed by atoms with van der Waals surface area (Å²) in [6.45, 7) is 2.94. The van der Waals surface area contributed by atoms with E-state index in [-0.39, 0.29) is 6.09 Å². The molecular weight excluding hydrogens is 250 g/mol. The van der Waals surface area contributed by atoms with Crippen LogP contribution in [0.15, 0.2) is 54.6 Å². The van der Waals surface area contributed by atoms with Crippen LogP contribution in [0.1, 0.15) is 16.7 Å². The van der Waals surface area contributed by atoms with E-state index in [4.69, 9.17) is 4.74 Å². The first-order chi connectivity index (χ1) is 9.74. The number of carbonyl (C=O) groups excluding carboxylic acids is 1. The average Bonchev–Trinajstić information content (AvgIpc) is 2.46. The summed E-state index contributed by atoms with van der Waals surface area (Å²) < 4.78 is 5.14. The van der Waals surface area contributed by atoms with Gasteiger partial charge in [-0.15, -0.1) is 0 Å². The van der Waals surface area contributed by atoms with Crippen molar-refractivity contribution in [2.24, 2.45) is 0 Å². The van der Waals surface area contributed by atoms with Crippen molar-refractivity contribution in [1.29, 1.82) is 0 Å². The molecule has 0 saturated carbocycles. The van der Waals surface area contributed by atoms with Crippen molar-refractivity contribution in [2.75, 3.05) is 6.54 Å². The second kappa shape index (κ2) is 7.34. The van der Waals surface area contributed by atoms with Crippen molar-refractivity contribution in [3.8, 4) is 0 Å². The average molecular weight is 269 g/mol. The SMILES string of the molecule is Cc1cccc(CCNC(=O)OCc2ccccc2)c1. The number of alkyl carbamates (subject to hydrolysis) is 1. The summed E-state index contributed by atoms with van der Waals surface area (Å²) in [6.07, 6.45) is 0.434. The van der Waals surface area contributed by atoms with Crippen LogP contribution in [-0.2, 0) is 17.8 Å². The maximum atomic E-state index is 11.5. The van der Waals surface area contributed by atoms with Gasteiger partial charge in [0.15, 0.2) is 0 Å². The first-order valence-electron chi connectivity index (χ1n) is 6.74. The summed E-state index contributed by atoms with van der Waals surface area (Å²) in [7, 11) is 0. The molecule has 1 amide bonds. The highest BCUT2D eigenvalue weighted by molar-refractivity contribution is 5.67. The van der Waals surface area contributed by atoms with Crippen LogP contribution < -0.4 is 5.32 Å². The number of nitrogens with one attached hydrogen (secondary N) is 1. The molecule has 0 spiro atoms. The van der Waals surface area contributed by atoms with E-state index in [1.165, 1.54) is 11.1 Å². The lowest BCUT2D eigenvalue weighted by atomic mass is 10.1. The Kier molecular flexibility index (Phi) is 5.18. The second-order valence-corrected chi connectivity index (χ2v) is 4.73. The largest absolute Gasteiger partial charge is 0.445 e. The van der Waals surface area contributed by atoms with Crippen LogP contribution >= 0.6 is 0 Å². The Labute approximate surface area is 119 Å². The molecule has 0 saturated heterocycles. The Morgan fingerprint density at radius 2 is 1.80 bits per heavy atom. The highest BCUT2D eigenvalue weighted by Crippen LogP contribution is 2.04. The zero-order valence-electron chi connectivity index (χ0n) is 11.6. The fourth-order valence-electron chi connectivity index (χ4n) is 1.95. The van der Waals surface area contributed by atoms with Gasteiger partial charge in [-0.2, -0.15) is 0 Å². The Bertz CT molecular complexity index is 552. The van der Waals surface area contributed by atoms with Crippen LogP contribution in [0.3, 0.4) is 0 Å². The minimum absolute atomic E-state index is 0.303. The Hall–Kier alpha value is -2.29. The predicted octanol–water partition coefficient (Wildman–Crippen LogP) is 3.46. The monoisotopic (exact) mass is 269 g/mol. The highest BCUT2D eigenvalue weighted by Gasteiger charge is 2.02. The summed E-state index contributed by atoms with van der Waals surface area (Å²) in [6, 6.07) is 17.9. The molecule has 2 aromatic rings. The molecule has 0 radical (unpaired) electrons. The van der Waals surface area contributed by atoms with E-state index < -0.39 is 0 Å². The van der Waals surface area contributed by atoms with Crippen LogP contribution in [0.25, 0.3) is 0 Å². The van der Waals surface area contributed by atoms with Crippen LogP contribution in [0.5, 0.6) is 0 Å². The molecule has 0 aliphatic carbocycles. The van der Waals surface area contributed by atoms with Gasteiger partial charge in [-0.1, -0.05) is 60.2 Å². The van der Waals surface area contributed by atoms with E-state index in [2.05, 4.69) is 30.4 Å². The van der Waals surface area contributed by atoms with Crippen molar-refractivity contribution in [1.82, 2.24) is 5.32 Å². The van der Waals surface area contributed by atoms with Gasteiger partial charge >= 0.3 is 6.09 Å². The molecule has 3 nitrogen and oxygen atoms in total. The van der Waals surface area contributed by atoms with Gasteiger partial charge < -0.3 is 10.1 Å². The number of rotatable bonds is 5. The van der Waals surface area contributed by atoms with Gasteiger partial charge in [-0.05, 0) is 24.5 Å². The molecule has 2 aromatic carbocycles. The summed E-state index contributed by atoms with van der Waals surface area (Å²) in [5.74, 6) is 0. The zero-order chi connectivity index (χ0) is 14.2. The highest BCUT2D eigenvalue weighted by atomic mass is 16.5. The van der Waals surface area contributed by atoms with Crippen molar-refractivity contribution in [3.63, 3.8) is 0 Å². The van der Waals surface area contributed by atoms with E-state index in [1.54, 1.807) is 0 Å². The zero-order valence-corrected chi connectivity index (χ0v) is 11.6. The van der Waals surface area contributed by atoms with Gasteiger partial charge in [0.2, 0.25) is 0 Å². The second-order valence-electron chi connectivity index (χ2n) is 4.73. The van der Waals surface area contributed by atoms with E-state index >= 15 is 0 Å². The lowest BCUT2D eigenvalue weighted by Gasteiger charge is -2.07. The van der Waals surface area contributed by atoms with Crippen molar-refractivity contribution in [2.45, 2.75) is 20.0 Å². The lowest BCUT2D eigenvalue weighted by molar-refractivity contribution is 0.140. The summed E-state index contributed by atoms with van der Waals surface area (Å²) in [4.78, 5) is 11.5. The standard InChI is InChI=1S/C17H19NO2/c1-14-6-5-9-15(12-14)10-11-18-17(19)20-13-16-7-3-2-4-8-16/h2-9,12H,10-11,13H2,1H3,(H,18,19). The Balaban J connectivity index is 1.68. The molecule has 0 fully saturated rings. The van der Waals surface area contributed by atoms with Crippen LogP contribution in [0, 0.1) is 6.92 Å². The molecule has 0 heterocycles. The number of aryl methyl sites for hydroxylation is 1. The third kappa shape index (κ3) is 4.76. The smallest absolute Gasteiger partial charge is 0.407 e. The molecule has 20 heavy (non-hydrogen) atoms. The maximum absolute atomic E-state index is 11.5. The quantitative estimate of drug-likeness (QED) is 0.902. The number of hydrogen-bond donors (Lipinski definition) is 1. The Morgan fingerprint density at radius 1 is 1.05 bits per heavy atom. The van der Waals surface area contributed by atoms with Gasteiger partial charge in [0, 0.05) is 6.54 Å². The van der Waals surface area contributed by atoms with Crippen LogP contribution in [0.2, 0.25) is 0 Å². The molecule has 0 aromatic heterocycles. The lowest BCUT2D eigenvalue weighted by Crippen LogP contribution is -2.26. The molecule has 3 heteroatoms. The number of hydrogen-bond acceptors (Lipinski definition) is 2. The van der Waals surface area contributed by atoms with Crippen LogP contribution in [0.4, 0.5) is 4.79 Å². The number of amides is 1. The van der Waals surface area contributed by atoms with Crippen molar-refractivity contribution in [3.05, 3.63) is 71.3 Å². The van der Waals surface area contributed by atoms with E-state index in [1.807, 2.05) is 36.4 Å². The fraction of sp³-hybridized carbons (Fsp3) is 0.235. The van der Waals surface area contributed by atoms with Gasteiger partial charge in [-0.25, -0.2) is 4.79 Å². The third-order valence-electron chi connectivity index (χ3n) is 2.98. The molecule has 2 rings (SSSR count). The van der Waals surface area contributed by atoms with Gasteiger partial charge in [-0.3, -0.25) is 0 Å². The van der Waals surface area contributed by atoms with Gasteiger partial charge in [0.25, 0.3) is 0 Å². The normalized spacial score (nSPS) is 10.1. The molecule has 0 bridgehead atoms. The number of benzene rings is 2. The third-order valence-corrected chi connectivity index (χ3v) is 2.98. The van der Waals surface area contributed by atoms with Crippen molar-refractivity contribution < 1.29 is 9.53 Å². The van der Waals surface area contributed by atoms with E-state index in [9.17, 15) is 4.79 Å². The van der Waals surface area contributed by atoms with Crippen LogP contribution in [-0.4, -0.2) is 12.6 Å². The molecule has 0 aliphatic heterocycles. The molecule has 0 unspecified atom stereocenters. The maximum Gasteiger partial charge on any atom is 0.407 e. The summed E-state index contributed by atoms with van der Waals surface area (Å²) in [5.41, 5.74) is 3.43. The summed E-state index contributed by atoms with van der Waals surface area (Å²) >= 11 is 0. The Morgan fingerprint density at radius 3 is 2.55 bits per heavy atom. The topological polar surface area (TPSA) is 38.3 Å². The van der Waals surface area contributed by atoms with Gasteiger partial charge in [0.1, 0.15) is 6.61 Å². The first-order valence-corrected chi connectivity index (χ1v) is 6.74. The molecule has 0 atom stereocenters. The fourth-order valence-corrected chi connectivity index (χ4v) is 1.95. The van der Waals surface area contributed by atoms with E-state index in [0.29, 0.717) is 13.2 Å². The number of ether oxygens (including phenoxy) is 1. The first kappa shape index (κ1) is 14.1. The van der Waals surface area contributed by atoms with Gasteiger partial charge in [0.05, 0.1) is 0 Å².